The lowest BCUT2D eigenvalue weighted by Crippen LogP contribution is -2.14. The van der Waals surface area contributed by atoms with Crippen molar-refractivity contribution in [2.45, 2.75) is 12.1 Å². The van der Waals surface area contributed by atoms with Gasteiger partial charge in [0.2, 0.25) is 5.91 Å². The summed E-state index contributed by atoms with van der Waals surface area (Å²) in [6.07, 6.45) is 1.52. The number of furan rings is 1. The quantitative estimate of drug-likeness (QED) is 0.685. The number of anilines is 1. The van der Waals surface area contributed by atoms with E-state index in [2.05, 4.69) is 15.5 Å². The van der Waals surface area contributed by atoms with Gasteiger partial charge in [0.15, 0.2) is 5.76 Å². The number of aryl methyl sites for hydroxylation is 1. The van der Waals surface area contributed by atoms with Gasteiger partial charge in [-0.3, -0.25) is 4.79 Å². The summed E-state index contributed by atoms with van der Waals surface area (Å²) in [5.74, 6) is 1.32. The van der Waals surface area contributed by atoms with Crippen LogP contribution in [0.5, 0.6) is 5.75 Å². The number of nitrogens with zero attached hydrogens (tertiary/aromatic N) is 2. The second-order valence-corrected chi connectivity index (χ2v) is 5.82. The highest BCUT2D eigenvalue weighted by molar-refractivity contribution is 7.99. The minimum atomic E-state index is -0.193. The molecule has 7 nitrogen and oxygen atoms in total. The third-order valence-electron chi connectivity index (χ3n) is 3.09. The zero-order valence-corrected chi connectivity index (χ0v) is 13.9. The highest BCUT2D eigenvalue weighted by Crippen LogP contribution is 2.26. The maximum Gasteiger partial charge on any atom is 0.284 e. The first kappa shape index (κ1) is 16.1. The first-order chi connectivity index (χ1) is 11.7. The Bertz CT molecular complexity index is 830. The lowest BCUT2D eigenvalue weighted by Gasteiger charge is -2.10. The molecule has 124 valence electrons. The van der Waals surface area contributed by atoms with Crippen LogP contribution in [0.4, 0.5) is 5.69 Å². The maximum atomic E-state index is 12.1. The minimum Gasteiger partial charge on any atom is -0.495 e. The van der Waals surface area contributed by atoms with E-state index < -0.39 is 0 Å². The minimum absolute atomic E-state index is 0.136. The fourth-order valence-corrected chi connectivity index (χ4v) is 2.56. The van der Waals surface area contributed by atoms with Gasteiger partial charge in [0.05, 0.1) is 24.8 Å². The van der Waals surface area contributed by atoms with E-state index in [0.717, 1.165) is 17.3 Å². The third kappa shape index (κ3) is 3.77. The van der Waals surface area contributed by atoms with Crippen molar-refractivity contribution in [3.05, 3.63) is 42.2 Å². The second kappa shape index (κ2) is 7.22. The predicted molar refractivity (Wildman–Crippen MR) is 89.1 cm³/mol. The van der Waals surface area contributed by atoms with E-state index in [1.807, 2.05) is 25.1 Å². The van der Waals surface area contributed by atoms with E-state index in [1.165, 1.54) is 6.26 Å². The van der Waals surface area contributed by atoms with Gasteiger partial charge in [0.25, 0.3) is 11.1 Å². The standard InChI is InChI=1S/C16H15N3O4S/c1-10-5-6-12(21-2)11(8-10)17-14(20)9-24-16-19-18-15(23-16)13-4-3-7-22-13/h3-8H,9H2,1-2H3,(H,17,20). The number of thioether (sulfide) groups is 1. The van der Waals surface area contributed by atoms with Gasteiger partial charge in [-0.15, -0.1) is 10.2 Å². The molecule has 0 unspecified atom stereocenters. The Morgan fingerprint density at radius 3 is 2.96 bits per heavy atom. The highest BCUT2D eigenvalue weighted by atomic mass is 32.2. The summed E-state index contributed by atoms with van der Waals surface area (Å²) in [4.78, 5) is 12.1. The Morgan fingerprint density at radius 1 is 1.33 bits per heavy atom. The molecule has 0 spiro atoms. The van der Waals surface area contributed by atoms with Crippen LogP contribution in [0.15, 0.2) is 50.7 Å². The van der Waals surface area contributed by atoms with Crippen LogP contribution in [0, 0.1) is 6.92 Å². The third-order valence-corrected chi connectivity index (χ3v) is 3.91. The van der Waals surface area contributed by atoms with E-state index in [9.17, 15) is 4.79 Å². The van der Waals surface area contributed by atoms with Crippen molar-refractivity contribution in [3.8, 4) is 17.4 Å². The molecule has 0 atom stereocenters. The van der Waals surface area contributed by atoms with Crippen LogP contribution < -0.4 is 10.1 Å². The van der Waals surface area contributed by atoms with Crippen LogP contribution in [0.2, 0.25) is 0 Å². The van der Waals surface area contributed by atoms with Gasteiger partial charge in [0.1, 0.15) is 5.75 Å². The number of hydrogen-bond acceptors (Lipinski definition) is 7. The highest BCUT2D eigenvalue weighted by Gasteiger charge is 2.14. The van der Waals surface area contributed by atoms with Crippen molar-refractivity contribution < 1.29 is 18.4 Å². The van der Waals surface area contributed by atoms with Crippen LogP contribution in [0.1, 0.15) is 5.56 Å². The molecule has 0 bridgehead atoms. The van der Waals surface area contributed by atoms with E-state index in [1.54, 1.807) is 19.2 Å². The molecule has 0 aliphatic rings. The Labute approximate surface area is 142 Å². The molecule has 2 aromatic heterocycles. The molecule has 0 saturated carbocycles. The van der Waals surface area contributed by atoms with Gasteiger partial charge < -0.3 is 18.9 Å². The summed E-state index contributed by atoms with van der Waals surface area (Å²) in [5, 5.41) is 10.9. The summed E-state index contributed by atoms with van der Waals surface area (Å²) in [6.45, 7) is 1.94. The number of nitrogens with one attached hydrogen (secondary N) is 1. The van der Waals surface area contributed by atoms with Crippen LogP contribution >= 0.6 is 11.8 Å². The van der Waals surface area contributed by atoms with Crippen LogP contribution in [-0.2, 0) is 4.79 Å². The number of hydrogen-bond donors (Lipinski definition) is 1. The zero-order chi connectivity index (χ0) is 16.9. The zero-order valence-electron chi connectivity index (χ0n) is 13.1. The number of carbonyl (C=O) groups excluding carboxylic acids is 1. The first-order valence-electron chi connectivity index (χ1n) is 7.10. The smallest absolute Gasteiger partial charge is 0.284 e. The number of aromatic nitrogens is 2. The summed E-state index contributed by atoms with van der Waals surface area (Å²) >= 11 is 1.15. The van der Waals surface area contributed by atoms with Gasteiger partial charge in [-0.2, -0.15) is 0 Å². The predicted octanol–water partition coefficient (Wildman–Crippen LogP) is 3.38. The Balaban J connectivity index is 1.59. The molecular weight excluding hydrogens is 330 g/mol. The molecule has 2 heterocycles. The van der Waals surface area contributed by atoms with Crippen molar-refractivity contribution in [2.24, 2.45) is 0 Å². The van der Waals surface area contributed by atoms with E-state index in [0.29, 0.717) is 22.4 Å². The molecular formula is C16H15N3O4S. The largest absolute Gasteiger partial charge is 0.495 e. The van der Waals surface area contributed by atoms with Gasteiger partial charge in [-0.25, -0.2) is 0 Å². The molecule has 0 aliphatic carbocycles. The van der Waals surface area contributed by atoms with Gasteiger partial charge in [-0.1, -0.05) is 17.8 Å². The van der Waals surface area contributed by atoms with Gasteiger partial charge in [-0.05, 0) is 36.8 Å². The number of benzene rings is 1. The number of rotatable bonds is 6. The van der Waals surface area contributed by atoms with Gasteiger partial charge >= 0.3 is 0 Å². The average Bonchev–Trinajstić information content (AvgIpc) is 3.24. The van der Waals surface area contributed by atoms with Crippen molar-refractivity contribution in [1.29, 1.82) is 0 Å². The number of methoxy groups -OCH3 is 1. The lowest BCUT2D eigenvalue weighted by molar-refractivity contribution is -0.113. The molecule has 8 heteroatoms. The molecule has 3 rings (SSSR count). The summed E-state index contributed by atoms with van der Waals surface area (Å²) in [6, 6.07) is 9.03. The Morgan fingerprint density at radius 2 is 2.21 bits per heavy atom. The molecule has 0 fully saturated rings. The normalized spacial score (nSPS) is 10.6. The molecule has 1 amide bonds. The molecule has 1 N–H and O–H groups in total. The molecule has 0 saturated heterocycles. The van der Waals surface area contributed by atoms with Crippen molar-refractivity contribution >= 4 is 23.4 Å². The van der Waals surface area contributed by atoms with Crippen LogP contribution in [0.3, 0.4) is 0 Å². The summed E-state index contributed by atoms with van der Waals surface area (Å²) in [7, 11) is 1.56. The fourth-order valence-electron chi connectivity index (χ4n) is 2.00. The molecule has 0 radical (unpaired) electrons. The van der Waals surface area contributed by atoms with E-state index >= 15 is 0 Å². The summed E-state index contributed by atoms with van der Waals surface area (Å²) in [5.41, 5.74) is 1.66. The molecule has 24 heavy (non-hydrogen) atoms. The molecule has 1 aromatic carbocycles. The Hall–Kier alpha value is -2.74. The van der Waals surface area contributed by atoms with Gasteiger partial charge in [0, 0.05) is 0 Å². The number of carbonyl (C=O) groups is 1. The monoisotopic (exact) mass is 345 g/mol. The number of ether oxygens (including phenoxy) is 1. The molecule has 3 aromatic rings. The SMILES string of the molecule is COc1ccc(C)cc1NC(=O)CSc1nnc(-c2ccco2)o1. The van der Waals surface area contributed by atoms with Crippen molar-refractivity contribution in [1.82, 2.24) is 10.2 Å². The van der Waals surface area contributed by atoms with Crippen molar-refractivity contribution in [3.63, 3.8) is 0 Å². The first-order valence-corrected chi connectivity index (χ1v) is 8.09. The van der Waals surface area contributed by atoms with Crippen LogP contribution in [0.25, 0.3) is 11.7 Å². The second-order valence-electron chi connectivity index (χ2n) is 4.89. The summed E-state index contributed by atoms with van der Waals surface area (Å²) < 4.78 is 15.8. The fraction of sp³-hybridized carbons (Fsp3) is 0.188. The topological polar surface area (TPSA) is 90.4 Å². The van der Waals surface area contributed by atoms with Crippen LogP contribution in [-0.4, -0.2) is 29.0 Å². The molecule has 0 aliphatic heterocycles. The average molecular weight is 345 g/mol. The lowest BCUT2D eigenvalue weighted by atomic mass is 10.2. The maximum absolute atomic E-state index is 12.1. The Kier molecular flexibility index (Phi) is 4.85. The number of amides is 1. The van der Waals surface area contributed by atoms with E-state index in [-0.39, 0.29) is 17.6 Å². The van der Waals surface area contributed by atoms with Crippen molar-refractivity contribution in [2.75, 3.05) is 18.2 Å². The van der Waals surface area contributed by atoms with E-state index in [4.69, 9.17) is 13.6 Å².